The number of phenolic OH excluding ortho intramolecular Hbond substituents is 1. The van der Waals surface area contributed by atoms with Crippen LogP contribution in [0.3, 0.4) is 0 Å². The molecule has 214 valence electrons. The molecule has 0 saturated carbocycles. The normalized spacial score (nSPS) is 15.6. The predicted molar refractivity (Wildman–Crippen MR) is 190 cm³/mol. The number of fused-ring (bicyclic) bond motifs is 9. The van der Waals surface area contributed by atoms with Gasteiger partial charge in [0, 0.05) is 16.4 Å². The highest BCUT2D eigenvalue weighted by Crippen LogP contribution is 2.59. The number of hydrogen-bond acceptors (Lipinski definition) is 1. The van der Waals surface area contributed by atoms with Crippen molar-refractivity contribution in [3.63, 3.8) is 0 Å². The lowest BCUT2D eigenvalue weighted by atomic mass is 9.79. The van der Waals surface area contributed by atoms with E-state index < -0.39 is 0 Å². The summed E-state index contributed by atoms with van der Waals surface area (Å²) in [4.78, 5) is 0. The molecule has 0 fully saturated rings. The molecule has 1 N–H and O–H groups in total. The van der Waals surface area contributed by atoms with Gasteiger partial charge in [-0.15, -0.1) is 0 Å². The third-order valence-corrected chi connectivity index (χ3v) is 11.3. The van der Waals surface area contributed by atoms with Gasteiger partial charge >= 0.3 is 0 Å². The zero-order valence-electron chi connectivity index (χ0n) is 25.9. The van der Waals surface area contributed by atoms with Gasteiger partial charge in [-0.2, -0.15) is 0 Å². The molecule has 1 heteroatoms. The summed E-state index contributed by atoms with van der Waals surface area (Å²) < 4.78 is 0. The van der Waals surface area contributed by atoms with Gasteiger partial charge in [-0.1, -0.05) is 107 Å². The first kappa shape index (κ1) is 25.2. The van der Waals surface area contributed by atoms with Gasteiger partial charge in [0.1, 0.15) is 5.75 Å². The molecule has 8 aromatic carbocycles. The van der Waals surface area contributed by atoms with Crippen LogP contribution in [-0.2, 0) is 10.8 Å². The zero-order valence-corrected chi connectivity index (χ0v) is 25.9. The zero-order chi connectivity index (χ0) is 30.4. The van der Waals surface area contributed by atoms with E-state index in [0.717, 1.165) is 11.1 Å². The lowest BCUT2D eigenvalue weighted by Crippen LogP contribution is -2.17. The van der Waals surface area contributed by atoms with E-state index in [9.17, 15) is 5.11 Å². The van der Waals surface area contributed by atoms with Crippen LogP contribution in [0, 0.1) is 0 Å². The van der Waals surface area contributed by atoms with E-state index in [1.54, 1.807) is 6.07 Å². The van der Waals surface area contributed by atoms with Crippen LogP contribution in [0.1, 0.15) is 49.9 Å². The van der Waals surface area contributed by atoms with Gasteiger partial charge in [0.25, 0.3) is 0 Å². The van der Waals surface area contributed by atoms with Crippen LogP contribution in [-0.4, -0.2) is 5.11 Å². The van der Waals surface area contributed by atoms with Crippen molar-refractivity contribution in [2.45, 2.75) is 38.5 Å². The summed E-state index contributed by atoms with van der Waals surface area (Å²) in [6.07, 6.45) is 0. The fraction of sp³-hybridized carbons (Fsp3) is 0.136. The second-order valence-electron chi connectivity index (χ2n) is 14.3. The van der Waals surface area contributed by atoms with Crippen LogP contribution < -0.4 is 0 Å². The summed E-state index contributed by atoms with van der Waals surface area (Å²) in [5.41, 5.74) is 13.0. The number of phenols is 1. The fourth-order valence-corrected chi connectivity index (χ4v) is 8.97. The van der Waals surface area contributed by atoms with Gasteiger partial charge in [-0.25, -0.2) is 0 Å². The van der Waals surface area contributed by atoms with E-state index in [4.69, 9.17) is 0 Å². The highest BCUT2D eigenvalue weighted by molar-refractivity contribution is 6.27. The monoisotopic (exact) mass is 576 g/mol. The van der Waals surface area contributed by atoms with Crippen LogP contribution in [0.15, 0.2) is 115 Å². The summed E-state index contributed by atoms with van der Waals surface area (Å²) in [6, 6.07) is 42.3. The highest BCUT2D eigenvalue weighted by Gasteiger charge is 2.43. The Labute approximate surface area is 262 Å². The Morgan fingerprint density at radius 2 is 1.00 bits per heavy atom. The predicted octanol–water partition coefficient (Wildman–Crippen LogP) is 11.7. The van der Waals surface area contributed by atoms with Crippen LogP contribution in [0.25, 0.3) is 76.5 Å². The van der Waals surface area contributed by atoms with Gasteiger partial charge in [0.05, 0.1) is 0 Å². The van der Waals surface area contributed by atoms with E-state index in [1.807, 2.05) is 18.2 Å². The fourth-order valence-electron chi connectivity index (χ4n) is 8.97. The molecular formula is C44H32O. The van der Waals surface area contributed by atoms with Gasteiger partial charge < -0.3 is 5.11 Å². The van der Waals surface area contributed by atoms with Crippen LogP contribution in [0.2, 0.25) is 0 Å². The third kappa shape index (κ3) is 3.04. The minimum absolute atomic E-state index is 0.0835. The molecule has 8 aromatic rings. The van der Waals surface area contributed by atoms with Crippen molar-refractivity contribution in [2.24, 2.45) is 0 Å². The Morgan fingerprint density at radius 1 is 0.422 bits per heavy atom. The Kier molecular flexibility index (Phi) is 4.55. The highest BCUT2D eigenvalue weighted by atomic mass is 16.3. The van der Waals surface area contributed by atoms with Gasteiger partial charge in [-0.3, -0.25) is 0 Å². The minimum atomic E-state index is -0.125. The topological polar surface area (TPSA) is 20.2 Å². The molecule has 0 atom stereocenters. The summed E-state index contributed by atoms with van der Waals surface area (Å²) in [5, 5.41) is 21.0. The first-order chi connectivity index (χ1) is 21.7. The van der Waals surface area contributed by atoms with Crippen molar-refractivity contribution < 1.29 is 5.11 Å². The van der Waals surface area contributed by atoms with Crippen LogP contribution in [0.5, 0.6) is 5.75 Å². The number of para-hydroxylation sites is 1. The molecule has 0 heterocycles. The van der Waals surface area contributed by atoms with Crippen molar-refractivity contribution in [1.29, 1.82) is 0 Å². The van der Waals surface area contributed by atoms with Gasteiger partial charge in [0.15, 0.2) is 0 Å². The maximum atomic E-state index is 10.6. The second kappa shape index (κ2) is 8.11. The molecule has 2 aliphatic carbocycles. The molecule has 2 aliphatic rings. The minimum Gasteiger partial charge on any atom is -0.507 e. The number of aromatic hydroxyl groups is 1. The molecule has 1 nitrogen and oxygen atoms in total. The molecule has 0 aliphatic heterocycles. The lowest BCUT2D eigenvalue weighted by Gasteiger charge is -2.24. The molecule has 0 bridgehead atoms. The Balaban J connectivity index is 1.27. The van der Waals surface area contributed by atoms with Crippen molar-refractivity contribution in [3.8, 4) is 39.1 Å². The Hall–Kier alpha value is -5.14. The van der Waals surface area contributed by atoms with E-state index in [2.05, 4.69) is 119 Å². The Bertz CT molecular complexity index is 2580. The summed E-state index contributed by atoms with van der Waals surface area (Å²) in [5.74, 6) is 0.313. The van der Waals surface area contributed by atoms with E-state index >= 15 is 0 Å². The first-order valence-corrected chi connectivity index (χ1v) is 16.0. The maximum absolute atomic E-state index is 10.6. The molecule has 0 unspecified atom stereocenters. The third-order valence-electron chi connectivity index (χ3n) is 11.3. The summed E-state index contributed by atoms with van der Waals surface area (Å²) >= 11 is 0. The molecule has 0 spiro atoms. The SMILES string of the molecule is CC1(C)c2cc3c(cc2-c2c1ccc1ccccc21)C(C)(C)c1cc2ccc4cc(-c5ccccc5O)cc5ccc(c1-3)c2c45. The molecular weight excluding hydrogens is 544 g/mol. The second-order valence-corrected chi connectivity index (χ2v) is 14.3. The van der Waals surface area contributed by atoms with Crippen molar-refractivity contribution in [3.05, 3.63) is 138 Å². The molecule has 0 radical (unpaired) electrons. The summed E-state index contributed by atoms with van der Waals surface area (Å²) in [7, 11) is 0. The number of rotatable bonds is 1. The average molecular weight is 577 g/mol. The maximum Gasteiger partial charge on any atom is 0.123 e. The largest absolute Gasteiger partial charge is 0.507 e. The van der Waals surface area contributed by atoms with Crippen molar-refractivity contribution in [1.82, 2.24) is 0 Å². The number of benzene rings is 8. The van der Waals surface area contributed by atoms with E-state index in [0.29, 0.717) is 5.75 Å². The average Bonchev–Trinajstić information content (AvgIpc) is 3.41. The lowest BCUT2D eigenvalue weighted by molar-refractivity contribution is 0.477. The van der Waals surface area contributed by atoms with Gasteiger partial charge in [0.2, 0.25) is 0 Å². The van der Waals surface area contributed by atoms with Gasteiger partial charge in [-0.05, 0) is 130 Å². The standard InChI is InChI=1S/C44H32O/c1-43(2)34-18-16-24-9-5-6-11-30(24)41(34)32-22-36-33(23-35(32)43)42-31-17-15-26-20-28(29-10-7-8-12-38(29)45)19-25-13-14-27(40(31)39(25)26)21-37(42)44(36,3)4/h5-23,45H,1-4H3. The summed E-state index contributed by atoms with van der Waals surface area (Å²) in [6.45, 7) is 9.60. The molecule has 0 amide bonds. The van der Waals surface area contributed by atoms with Crippen molar-refractivity contribution >= 4 is 43.1 Å². The van der Waals surface area contributed by atoms with Crippen LogP contribution in [0.4, 0.5) is 0 Å². The molecule has 45 heavy (non-hydrogen) atoms. The Morgan fingerprint density at radius 3 is 1.73 bits per heavy atom. The molecule has 0 saturated heterocycles. The molecule has 0 aromatic heterocycles. The van der Waals surface area contributed by atoms with E-state index in [-0.39, 0.29) is 10.8 Å². The van der Waals surface area contributed by atoms with Crippen LogP contribution >= 0.6 is 0 Å². The van der Waals surface area contributed by atoms with Crippen molar-refractivity contribution in [2.75, 3.05) is 0 Å². The van der Waals surface area contributed by atoms with E-state index in [1.165, 1.54) is 87.6 Å². The first-order valence-electron chi connectivity index (χ1n) is 16.0. The smallest absolute Gasteiger partial charge is 0.123 e. The molecule has 10 rings (SSSR count). The quantitative estimate of drug-likeness (QED) is 0.193. The number of hydrogen-bond donors (Lipinski definition) is 1.